The maximum absolute atomic E-state index is 13.2. The molecule has 0 spiro atoms. The number of likely N-dealkylation sites (N-methyl/N-ethyl adjacent to an activating group) is 1. The van der Waals surface area contributed by atoms with Gasteiger partial charge < -0.3 is 4.90 Å². The molecule has 0 bridgehead atoms. The molecular formula is C9H8F2NO. The highest BCUT2D eigenvalue weighted by Gasteiger charge is 2.58. The van der Waals surface area contributed by atoms with Gasteiger partial charge in [-0.05, 0) is 6.08 Å². The molecule has 0 aromatic heterocycles. The summed E-state index contributed by atoms with van der Waals surface area (Å²) in [4.78, 5) is 12.2. The Morgan fingerprint density at radius 1 is 1.62 bits per heavy atom. The second-order valence-electron chi connectivity index (χ2n) is 3.25. The molecule has 2 atom stereocenters. The molecule has 1 heterocycles. The topological polar surface area (TPSA) is 20.3 Å². The van der Waals surface area contributed by atoms with Crippen molar-refractivity contribution < 1.29 is 13.6 Å². The van der Waals surface area contributed by atoms with Gasteiger partial charge in [-0.15, -0.1) is 0 Å². The molecule has 4 heteroatoms. The van der Waals surface area contributed by atoms with Crippen LogP contribution in [0.2, 0.25) is 0 Å². The van der Waals surface area contributed by atoms with E-state index in [0.717, 1.165) is 4.90 Å². The van der Waals surface area contributed by atoms with Gasteiger partial charge in [-0.2, -0.15) is 8.78 Å². The molecule has 1 radical (unpaired) electrons. The van der Waals surface area contributed by atoms with Crippen LogP contribution < -0.4 is 0 Å². The summed E-state index contributed by atoms with van der Waals surface area (Å²) in [6.45, 7) is 0. The molecule has 2 unspecified atom stereocenters. The third-order valence-electron chi connectivity index (χ3n) is 2.50. The van der Waals surface area contributed by atoms with Gasteiger partial charge in [0.2, 0.25) is 0 Å². The maximum atomic E-state index is 13.2. The summed E-state index contributed by atoms with van der Waals surface area (Å²) < 4.78 is 26.5. The zero-order chi connectivity index (χ0) is 9.64. The average Bonchev–Trinajstić information content (AvgIpc) is 2.30. The number of carbonyl (C=O) groups is 1. The zero-order valence-corrected chi connectivity index (χ0v) is 7.00. The Kier molecular flexibility index (Phi) is 1.55. The lowest BCUT2D eigenvalue weighted by Crippen LogP contribution is -2.32. The van der Waals surface area contributed by atoms with Crippen LogP contribution in [0.25, 0.3) is 0 Å². The van der Waals surface area contributed by atoms with E-state index in [-0.39, 0.29) is 0 Å². The van der Waals surface area contributed by atoms with Gasteiger partial charge in [0.15, 0.2) is 0 Å². The number of allylic oxidation sites excluding steroid dienone is 2. The fraction of sp³-hybridized carbons (Fsp3) is 0.444. The fourth-order valence-electron chi connectivity index (χ4n) is 1.73. The van der Waals surface area contributed by atoms with Gasteiger partial charge in [0.1, 0.15) is 0 Å². The lowest BCUT2D eigenvalue weighted by molar-refractivity contribution is -0.148. The van der Waals surface area contributed by atoms with Crippen LogP contribution in [0.1, 0.15) is 0 Å². The summed E-state index contributed by atoms with van der Waals surface area (Å²) in [6.07, 6.45) is 6.99. The Morgan fingerprint density at radius 2 is 2.31 bits per heavy atom. The summed E-state index contributed by atoms with van der Waals surface area (Å²) in [7, 11) is 1.39. The lowest BCUT2D eigenvalue weighted by atomic mass is 9.93. The molecule has 1 aliphatic heterocycles. The molecule has 69 valence electrons. The predicted octanol–water partition coefficient (Wildman–Crippen LogP) is 1.01. The van der Waals surface area contributed by atoms with Crippen LogP contribution in [-0.4, -0.2) is 29.8 Å². The van der Waals surface area contributed by atoms with Gasteiger partial charge in [0.05, 0.1) is 12.0 Å². The molecule has 13 heavy (non-hydrogen) atoms. The minimum absolute atomic E-state index is 0.510. The number of amides is 1. The average molecular weight is 184 g/mol. The number of alkyl halides is 2. The van der Waals surface area contributed by atoms with Crippen molar-refractivity contribution in [1.29, 1.82) is 0 Å². The van der Waals surface area contributed by atoms with Crippen LogP contribution in [0, 0.1) is 12.0 Å². The van der Waals surface area contributed by atoms with E-state index in [4.69, 9.17) is 0 Å². The summed E-state index contributed by atoms with van der Waals surface area (Å²) in [6, 6.07) is -0.510. The van der Waals surface area contributed by atoms with Gasteiger partial charge in [-0.1, -0.05) is 18.2 Å². The van der Waals surface area contributed by atoms with E-state index in [1.54, 1.807) is 12.2 Å². The first kappa shape index (κ1) is 8.41. The minimum Gasteiger partial charge on any atom is -0.333 e. The Balaban J connectivity index is 2.43. The summed E-state index contributed by atoms with van der Waals surface area (Å²) >= 11 is 0. The standard InChI is InChI=1S/C9H8F2NO/c1-12-7-5-3-2-4-6(7)9(10,11)8(12)13/h3-7H,1H3. The molecule has 0 aromatic rings. The number of halogens is 2. The first-order chi connectivity index (χ1) is 6.05. The Morgan fingerprint density at radius 3 is 2.92 bits per heavy atom. The van der Waals surface area contributed by atoms with E-state index >= 15 is 0 Å². The van der Waals surface area contributed by atoms with Crippen molar-refractivity contribution in [3.63, 3.8) is 0 Å². The number of hydrogen-bond donors (Lipinski definition) is 0. The number of nitrogens with zero attached hydrogens (tertiary/aromatic N) is 1. The van der Waals surface area contributed by atoms with Crippen molar-refractivity contribution in [3.05, 3.63) is 24.3 Å². The fourth-order valence-corrected chi connectivity index (χ4v) is 1.73. The van der Waals surface area contributed by atoms with Crippen molar-refractivity contribution in [2.45, 2.75) is 12.0 Å². The van der Waals surface area contributed by atoms with Gasteiger partial charge in [-0.3, -0.25) is 4.79 Å². The zero-order valence-electron chi connectivity index (χ0n) is 7.00. The number of carbonyl (C=O) groups excluding carboxylic acids is 1. The van der Waals surface area contributed by atoms with Crippen LogP contribution in [0.5, 0.6) is 0 Å². The van der Waals surface area contributed by atoms with E-state index < -0.39 is 23.8 Å². The van der Waals surface area contributed by atoms with E-state index in [9.17, 15) is 13.6 Å². The molecule has 2 rings (SSSR count). The van der Waals surface area contributed by atoms with Gasteiger partial charge in [0.25, 0.3) is 5.91 Å². The molecule has 2 nitrogen and oxygen atoms in total. The van der Waals surface area contributed by atoms with Crippen molar-refractivity contribution in [2.24, 2.45) is 5.92 Å². The third kappa shape index (κ3) is 0.944. The largest absolute Gasteiger partial charge is 0.333 e. The Hall–Kier alpha value is -1.19. The molecule has 1 saturated heterocycles. The number of rotatable bonds is 0. The number of hydrogen-bond acceptors (Lipinski definition) is 1. The molecule has 1 amide bonds. The number of likely N-dealkylation sites (tertiary alicyclic amines) is 1. The van der Waals surface area contributed by atoms with E-state index in [2.05, 4.69) is 6.08 Å². The van der Waals surface area contributed by atoms with Crippen LogP contribution >= 0.6 is 0 Å². The van der Waals surface area contributed by atoms with Crippen LogP contribution in [0.4, 0.5) is 8.78 Å². The molecule has 1 aliphatic carbocycles. The molecule has 0 saturated carbocycles. The third-order valence-corrected chi connectivity index (χ3v) is 2.50. The van der Waals surface area contributed by atoms with Crippen molar-refractivity contribution in [2.75, 3.05) is 7.05 Å². The van der Waals surface area contributed by atoms with Gasteiger partial charge >= 0.3 is 5.92 Å². The Labute approximate surface area is 74.5 Å². The molecule has 0 aromatic carbocycles. The summed E-state index contributed by atoms with van der Waals surface area (Å²) in [5.74, 6) is -5.42. The van der Waals surface area contributed by atoms with Gasteiger partial charge in [-0.25, -0.2) is 0 Å². The molecule has 0 N–H and O–H groups in total. The van der Waals surface area contributed by atoms with E-state index in [0.29, 0.717) is 0 Å². The number of fused-ring (bicyclic) bond motifs is 1. The molecular weight excluding hydrogens is 176 g/mol. The predicted molar refractivity (Wildman–Crippen MR) is 41.9 cm³/mol. The normalized spacial score (nSPS) is 35.3. The first-order valence-electron chi connectivity index (χ1n) is 3.96. The second kappa shape index (κ2) is 2.40. The quantitative estimate of drug-likeness (QED) is 0.550. The smallest absolute Gasteiger partial charge is 0.333 e. The molecule has 1 fully saturated rings. The summed E-state index contributed by atoms with van der Waals surface area (Å²) in [5, 5.41) is 0. The van der Waals surface area contributed by atoms with Gasteiger partial charge in [0, 0.05) is 7.05 Å². The Bertz CT molecular complexity index is 309. The van der Waals surface area contributed by atoms with Crippen molar-refractivity contribution in [3.8, 4) is 0 Å². The van der Waals surface area contributed by atoms with Crippen LogP contribution in [-0.2, 0) is 4.79 Å². The maximum Gasteiger partial charge on any atom is 0.333 e. The highest BCUT2D eigenvalue weighted by Crippen LogP contribution is 2.40. The summed E-state index contributed by atoms with van der Waals surface area (Å²) in [5.41, 5.74) is 0. The van der Waals surface area contributed by atoms with Crippen LogP contribution in [0.15, 0.2) is 18.2 Å². The minimum atomic E-state index is -3.27. The lowest BCUT2D eigenvalue weighted by Gasteiger charge is -2.20. The molecule has 2 aliphatic rings. The SMILES string of the molecule is CN1C(=O)C(F)(F)C2C=[C]C=CC21. The highest BCUT2D eigenvalue weighted by molar-refractivity contribution is 5.87. The van der Waals surface area contributed by atoms with Crippen LogP contribution in [0.3, 0.4) is 0 Å². The first-order valence-corrected chi connectivity index (χ1v) is 3.96. The van der Waals surface area contributed by atoms with E-state index in [1.807, 2.05) is 0 Å². The van der Waals surface area contributed by atoms with E-state index in [1.165, 1.54) is 13.1 Å². The monoisotopic (exact) mass is 184 g/mol. The van der Waals surface area contributed by atoms with Crippen molar-refractivity contribution >= 4 is 5.91 Å². The second-order valence-corrected chi connectivity index (χ2v) is 3.25. The van der Waals surface area contributed by atoms with Crippen molar-refractivity contribution in [1.82, 2.24) is 4.90 Å². The highest BCUT2D eigenvalue weighted by atomic mass is 19.3.